The van der Waals surface area contributed by atoms with Crippen LogP contribution in [0.5, 0.6) is 0 Å². The van der Waals surface area contributed by atoms with Gasteiger partial charge in [0.2, 0.25) is 0 Å². The SMILES string of the molecule is C1CCN(C2(N3CCNCC3)N(C3CCCCO3)CC(N3CCCC3)OC2(C2CCCO2)C2CCCS2)CC1. The summed E-state index contributed by atoms with van der Waals surface area (Å²) in [5.74, 6) is 0.902. The predicted molar refractivity (Wildman–Crippen MR) is 156 cm³/mol. The molecule has 0 radical (unpaired) electrons. The molecule has 6 unspecified atom stereocenters. The Labute approximate surface area is 240 Å². The summed E-state index contributed by atoms with van der Waals surface area (Å²) in [6, 6.07) is 0. The lowest BCUT2D eigenvalue weighted by molar-refractivity contribution is -0.393. The fourth-order valence-electron chi connectivity index (χ4n) is 9.23. The number of ether oxygens (including phenoxy) is 3. The molecule has 7 heterocycles. The van der Waals surface area contributed by atoms with Gasteiger partial charge in [-0.25, -0.2) is 4.90 Å². The zero-order chi connectivity index (χ0) is 26.1. The fraction of sp³-hybridized carbons (Fsp3) is 1.00. The number of nitrogens with one attached hydrogen (secondary N) is 1. The second kappa shape index (κ2) is 12.3. The van der Waals surface area contributed by atoms with Crippen molar-refractivity contribution in [3.63, 3.8) is 0 Å². The average molecular weight is 564 g/mol. The van der Waals surface area contributed by atoms with E-state index in [0.29, 0.717) is 5.25 Å². The maximum Gasteiger partial charge on any atom is 0.167 e. The summed E-state index contributed by atoms with van der Waals surface area (Å²) in [5, 5.41) is 4.13. The van der Waals surface area contributed by atoms with Gasteiger partial charge in [0.1, 0.15) is 12.5 Å². The third kappa shape index (κ3) is 4.84. The third-order valence-electron chi connectivity index (χ3n) is 10.8. The van der Waals surface area contributed by atoms with Crippen molar-refractivity contribution in [1.82, 2.24) is 24.9 Å². The van der Waals surface area contributed by atoms with E-state index in [2.05, 4.69) is 36.7 Å². The first-order valence-electron chi connectivity index (χ1n) is 16.6. The van der Waals surface area contributed by atoms with E-state index in [1.54, 1.807) is 0 Å². The zero-order valence-corrected chi connectivity index (χ0v) is 25.0. The molecule has 7 fully saturated rings. The first-order chi connectivity index (χ1) is 19.3. The van der Waals surface area contributed by atoms with Crippen molar-refractivity contribution in [2.24, 2.45) is 0 Å². The lowest BCUT2D eigenvalue weighted by atomic mass is 9.75. The van der Waals surface area contributed by atoms with Gasteiger partial charge in [-0.05, 0) is 76.4 Å². The predicted octanol–water partition coefficient (Wildman–Crippen LogP) is 3.13. The van der Waals surface area contributed by atoms with Crippen molar-refractivity contribution in [3.05, 3.63) is 0 Å². The molecule has 7 aliphatic rings. The van der Waals surface area contributed by atoms with Crippen molar-refractivity contribution in [3.8, 4) is 0 Å². The topological polar surface area (TPSA) is 52.7 Å². The van der Waals surface area contributed by atoms with Gasteiger partial charge in [-0.1, -0.05) is 6.42 Å². The molecule has 7 saturated heterocycles. The van der Waals surface area contributed by atoms with Crippen LogP contribution in [0.25, 0.3) is 0 Å². The molecule has 0 bridgehead atoms. The van der Waals surface area contributed by atoms with Gasteiger partial charge in [0.25, 0.3) is 0 Å². The summed E-state index contributed by atoms with van der Waals surface area (Å²) in [5.41, 5.74) is -0.411. The van der Waals surface area contributed by atoms with Crippen molar-refractivity contribution in [1.29, 1.82) is 0 Å². The highest BCUT2D eigenvalue weighted by Gasteiger charge is 2.73. The Morgan fingerprint density at radius 2 is 1.44 bits per heavy atom. The van der Waals surface area contributed by atoms with Gasteiger partial charge >= 0.3 is 0 Å². The summed E-state index contributed by atoms with van der Waals surface area (Å²) in [6.45, 7) is 11.5. The number of hydrogen-bond acceptors (Lipinski definition) is 9. The number of piperidine rings is 1. The average Bonchev–Trinajstić information content (AvgIpc) is 3.82. The van der Waals surface area contributed by atoms with Crippen LogP contribution in [0.4, 0.5) is 0 Å². The van der Waals surface area contributed by atoms with Crippen LogP contribution in [0.3, 0.4) is 0 Å². The Morgan fingerprint density at radius 1 is 0.667 bits per heavy atom. The normalized spacial score (nSPS) is 44.3. The van der Waals surface area contributed by atoms with Gasteiger partial charge in [-0.3, -0.25) is 14.7 Å². The van der Waals surface area contributed by atoms with Crippen LogP contribution >= 0.6 is 11.8 Å². The maximum atomic E-state index is 7.95. The molecule has 0 aliphatic carbocycles. The van der Waals surface area contributed by atoms with Gasteiger partial charge in [0, 0.05) is 77.4 Å². The van der Waals surface area contributed by atoms with E-state index in [-0.39, 0.29) is 24.3 Å². The molecule has 39 heavy (non-hydrogen) atoms. The standard InChI is InChI=1S/C30H53N5O3S/c1-3-17-33(18-4-1)30(34-19-13-31-14-20-34)29(25-10-8-22-36-25,26-11-9-23-39-26)38-28(32-15-5-6-16-32)24-35(30)27-12-2-7-21-37-27/h25-28,31H,1-24H2. The molecule has 0 saturated carbocycles. The van der Waals surface area contributed by atoms with Gasteiger partial charge in [0.15, 0.2) is 11.4 Å². The number of rotatable bonds is 6. The molecule has 222 valence electrons. The van der Waals surface area contributed by atoms with Crippen LogP contribution in [0.2, 0.25) is 0 Å². The molecule has 0 aromatic heterocycles. The van der Waals surface area contributed by atoms with E-state index in [1.807, 2.05) is 0 Å². The van der Waals surface area contributed by atoms with E-state index in [0.717, 1.165) is 91.4 Å². The molecule has 0 amide bonds. The second-order valence-corrected chi connectivity index (χ2v) is 14.3. The molecule has 8 nitrogen and oxygen atoms in total. The Balaban J connectivity index is 1.44. The minimum atomic E-state index is -0.411. The minimum Gasteiger partial charge on any atom is -0.375 e. The van der Waals surface area contributed by atoms with Gasteiger partial charge in [0.05, 0.1) is 6.10 Å². The lowest BCUT2D eigenvalue weighted by Gasteiger charge is -2.71. The first-order valence-corrected chi connectivity index (χ1v) is 17.6. The molecule has 0 aromatic carbocycles. The van der Waals surface area contributed by atoms with Crippen molar-refractivity contribution in [2.75, 3.05) is 77.9 Å². The Bertz CT molecular complexity index is 751. The number of nitrogens with zero attached hydrogens (tertiary/aromatic N) is 4. The molecule has 0 aromatic rings. The highest BCUT2D eigenvalue weighted by atomic mass is 32.2. The number of hydrogen-bond donors (Lipinski definition) is 1. The number of likely N-dealkylation sites (tertiary alicyclic amines) is 2. The van der Waals surface area contributed by atoms with E-state index in [1.165, 1.54) is 63.5 Å². The van der Waals surface area contributed by atoms with Crippen molar-refractivity contribution >= 4 is 11.8 Å². The van der Waals surface area contributed by atoms with E-state index < -0.39 is 5.60 Å². The molecule has 0 spiro atoms. The number of thioether (sulfide) groups is 1. The quantitative estimate of drug-likeness (QED) is 0.525. The Hall–Kier alpha value is 0.0300. The van der Waals surface area contributed by atoms with Gasteiger partial charge < -0.3 is 19.5 Å². The van der Waals surface area contributed by atoms with Gasteiger partial charge in [-0.2, -0.15) is 11.8 Å². The number of piperazine rings is 1. The summed E-state index contributed by atoms with van der Waals surface area (Å²) in [6.07, 6.45) is 15.3. The van der Waals surface area contributed by atoms with Crippen LogP contribution in [-0.4, -0.2) is 133 Å². The minimum absolute atomic E-state index is 0.115. The molecule has 9 heteroatoms. The third-order valence-corrected chi connectivity index (χ3v) is 12.3. The van der Waals surface area contributed by atoms with Crippen LogP contribution < -0.4 is 5.32 Å². The summed E-state index contributed by atoms with van der Waals surface area (Å²) >= 11 is 2.20. The highest BCUT2D eigenvalue weighted by molar-refractivity contribution is 8.00. The van der Waals surface area contributed by atoms with Crippen LogP contribution in [0.15, 0.2) is 0 Å². The summed E-state index contributed by atoms with van der Waals surface area (Å²) in [4.78, 5) is 11.4. The lowest BCUT2D eigenvalue weighted by Crippen LogP contribution is -2.91. The molecule has 1 N–H and O–H groups in total. The van der Waals surface area contributed by atoms with Crippen molar-refractivity contribution in [2.45, 2.75) is 112 Å². The van der Waals surface area contributed by atoms with Crippen molar-refractivity contribution < 1.29 is 14.2 Å². The van der Waals surface area contributed by atoms with Crippen LogP contribution in [-0.2, 0) is 14.2 Å². The second-order valence-electron chi connectivity index (χ2n) is 13.0. The molecular formula is C30H53N5O3S. The summed E-state index contributed by atoms with van der Waals surface area (Å²) < 4.78 is 21.7. The largest absolute Gasteiger partial charge is 0.375 e. The smallest absolute Gasteiger partial charge is 0.167 e. The molecule has 7 rings (SSSR count). The monoisotopic (exact) mass is 563 g/mol. The Morgan fingerprint density at radius 3 is 2.13 bits per heavy atom. The Kier molecular flexibility index (Phi) is 8.80. The van der Waals surface area contributed by atoms with Gasteiger partial charge in [-0.15, -0.1) is 0 Å². The van der Waals surface area contributed by atoms with E-state index in [9.17, 15) is 0 Å². The highest BCUT2D eigenvalue weighted by Crippen LogP contribution is 2.56. The van der Waals surface area contributed by atoms with E-state index in [4.69, 9.17) is 14.2 Å². The zero-order valence-electron chi connectivity index (χ0n) is 24.2. The molecular weight excluding hydrogens is 510 g/mol. The number of morpholine rings is 1. The first kappa shape index (κ1) is 27.8. The van der Waals surface area contributed by atoms with Crippen LogP contribution in [0.1, 0.15) is 77.0 Å². The summed E-state index contributed by atoms with van der Waals surface area (Å²) in [7, 11) is 0. The molecule has 7 aliphatic heterocycles. The fourth-order valence-corrected chi connectivity index (χ4v) is 10.8. The van der Waals surface area contributed by atoms with Crippen LogP contribution in [0, 0.1) is 0 Å². The molecule has 6 atom stereocenters. The maximum absolute atomic E-state index is 7.95. The van der Waals surface area contributed by atoms with E-state index >= 15 is 0 Å².